The van der Waals surface area contributed by atoms with E-state index in [0.29, 0.717) is 12.2 Å². The SMILES string of the molecule is CCCCOC(=O)C(Nc1ccc(C(=O)O)c(C)c1)C1CCCN1. The highest BCUT2D eigenvalue weighted by Crippen LogP contribution is 2.20. The van der Waals surface area contributed by atoms with Gasteiger partial charge in [0.05, 0.1) is 12.2 Å². The van der Waals surface area contributed by atoms with E-state index in [1.54, 1.807) is 25.1 Å². The number of carboxylic acids is 1. The third-order valence-electron chi connectivity index (χ3n) is 4.28. The Morgan fingerprint density at radius 1 is 1.46 bits per heavy atom. The number of hydrogen-bond donors (Lipinski definition) is 3. The Morgan fingerprint density at radius 2 is 2.25 bits per heavy atom. The molecule has 0 spiro atoms. The first kappa shape index (κ1) is 18.3. The molecule has 0 aliphatic carbocycles. The zero-order chi connectivity index (χ0) is 17.5. The van der Waals surface area contributed by atoms with E-state index in [2.05, 4.69) is 17.6 Å². The van der Waals surface area contributed by atoms with E-state index < -0.39 is 12.0 Å². The summed E-state index contributed by atoms with van der Waals surface area (Å²) >= 11 is 0. The first-order valence-electron chi connectivity index (χ1n) is 8.53. The second-order valence-electron chi connectivity index (χ2n) is 6.18. The van der Waals surface area contributed by atoms with E-state index in [0.717, 1.165) is 37.9 Å². The fraction of sp³-hybridized carbons (Fsp3) is 0.556. The molecule has 1 fully saturated rings. The number of hydrogen-bond acceptors (Lipinski definition) is 5. The molecule has 1 aromatic carbocycles. The zero-order valence-corrected chi connectivity index (χ0v) is 14.3. The Hall–Kier alpha value is -2.08. The van der Waals surface area contributed by atoms with Crippen molar-refractivity contribution < 1.29 is 19.4 Å². The van der Waals surface area contributed by atoms with E-state index in [9.17, 15) is 9.59 Å². The zero-order valence-electron chi connectivity index (χ0n) is 14.3. The van der Waals surface area contributed by atoms with Crippen LogP contribution in [0, 0.1) is 6.92 Å². The number of aromatic carboxylic acids is 1. The maximum Gasteiger partial charge on any atom is 0.335 e. The van der Waals surface area contributed by atoms with Crippen LogP contribution in [0.15, 0.2) is 18.2 Å². The normalized spacial score (nSPS) is 18.2. The topological polar surface area (TPSA) is 87.7 Å². The molecule has 0 radical (unpaired) electrons. The van der Waals surface area contributed by atoms with Gasteiger partial charge in [-0.05, 0) is 56.5 Å². The molecule has 0 bridgehead atoms. The van der Waals surface area contributed by atoms with Gasteiger partial charge in [0.2, 0.25) is 0 Å². The van der Waals surface area contributed by atoms with Gasteiger partial charge in [0, 0.05) is 11.7 Å². The third-order valence-corrected chi connectivity index (χ3v) is 4.28. The van der Waals surface area contributed by atoms with Crippen LogP contribution in [0.4, 0.5) is 5.69 Å². The maximum absolute atomic E-state index is 12.5. The van der Waals surface area contributed by atoms with Crippen LogP contribution in [0.5, 0.6) is 0 Å². The summed E-state index contributed by atoms with van der Waals surface area (Å²) in [5, 5.41) is 15.7. The van der Waals surface area contributed by atoms with Gasteiger partial charge in [-0.2, -0.15) is 0 Å². The average Bonchev–Trinajstić information content (AvgIpc) is 3.06. The minimum atomic E-state index is -0.952. The van der Waals surface area contributed by atoms with Crippen molar-refractivity contribution in [2.24, 2.45) is 0 Å². The van der Waals surface area contributed by atoms with Gasteiger partial charge in [0.1, 0.15) is 6.04 Å². The van der Waals surface area contributed by atoms with Crippen LogP contribution in [-0.4, -0.2) is 42.3 Å². The Bertz CT molecular complexity index is 582. The van der Waals surface area contributed by atoms with Crippen molar-refractivity contribution >= 4 is 17.6 Å². The van der Waals surface area contributed by atoms with Crippen LogP contribution in [0.25, 0.3) is 0 Å². The summed E-state index contributed by atoms with van der Waals surface area (Å²) in [6, 6.07) is 4.56. The van der Waals surface area contributed by atoms with Gasteiger partial charge >= 0.3 is 11.9 Å². The van der Waals surface area contributed by atoms with Crippen LogP contribution >= 0.6 is 0 Å². The molecular weight excluding hydrogens is 308 g/mol. The molecule has 0 aromatic heterocycles. The first-order valence-corrected chi connectivity index (χ1v) is 8.53. The lowest BCUT2D eigenvalue weighted by Crippen LogP contribution is -2.46. The lowest BCUT2D eigenvalue weighted by molar-refractivity contribution is -0.145. The molecule has 6 nitrogen and oxygen atoms in total. The van der Waals surface area contributed by atoms with Crippen LogP contribution in [-0.2, 0) is 9.53 Å². The number of unbranched alkanes of at least 4 members (excludes halogenated alkanes) is 1. The molecule has 0 amide bonds. The molecular formula is C18H26N2O4. The number of carbonyl (C=O) groups is 2. The van der Waals surface area contributed by atoms with Crippen LogP contribution in [0.2, 0.25) is 0 Å². The fourth-order valence-electron chi connectivity index (χ4n) is 2.90. The van der Waals surface area contributed by atoms with E-state index >= 15 is 0 Å². The molecule has 1 aliphatic rings. The summed E-state index contributed by atoms with van der Waals surface area (Å²) in [6.07, 6.45) is 3.76. The standard InChI is InChI=1S/C18H26N2O4/c1-3-4-10-24-18(23)16(15-6-5-9-19-15)20-13-7-8-14(17(21)22)12(2)11-13/h7-8,11,15-16,19-20H,3-6,9-10H2,1-2H3,(H,21,22). The minimum Gasteiger partial charge on any atom is -0.478 e. The lowest BCUT2D eigenvalue weighted by atomic mass is 10.0. The van der Waals surface area contributed by atoms with Crippen molar-refractivity contribution in [3.05, 3.63) is 29.3 Å². The summed E-state index contributed by atoms with van der Waals surface area (Å²) < 4.78 is 5.39. The fourth-order valence-corrected chi connectivity index (χ4v) is 2.90. The summed E-state index contributed by atoms with van der Waals surface area (Å²) in [5.41, 5.74) is 1.65. The number of ether oxygens (including phenoxy) is 1. The van der Waals surface area contributed by atoms with E-state index in [-0.39, 0.29) is 17.6 Å². The van der Waals surface area contributed by atoms with Gasteiger partial charge in [0.25, 0.3) is 0 Å². The Balaban J connectivity index is 2.11. The monoisotopic (exact) mass is 334 g/mol. The second kappa shape index (κ2) is 8.68. The highest BCUT2D eigenvalue weighted by atomic mass is 16.5. The molecule has 24 heavy (non-hydrogen) atoms. The molecule has 1 aliphatic heterocycles. The summed E-state index contributed by atoms with van der Waals surface area (Å²) in [7, 11) is 0. The van der Waals surface area contributed by atoms with Crippen molar-refractivity contribution in [2.45, 2.75) is 51.6 Å². The lowest BCUT2D eigenvalue weighted by Gasteiger charge is -2.24. The number of esters is 1. The van der Waals surface area contributed by atoms with Gasteiger partial charge in [-0.1, -0.05) is 13.3 Å². The first-order chi connectivity index (χ1) is 11.5. The summed E-state index contributed by atoms with van der Waals surface area (Å²) in [6.45, 7) is 5.12. The van der Waals surface area contributed by atoms with Crippen molar-refractivity contribution in [3.8, 4) is 0 Å². The van der Waals surface area contributed by atoms with E-state index in [4.69, 9.17) is 9.84 Å². The maximum atomic E-state index is 12.5. The van der Waals surface area contributed by atoms with Gasteiger partial charge in [-0.25, -0.2) is 9.59 Å². The molecule has 1 aromatic rings. The molecule has 2 unspecified atom stereocenters. The Morgan fingerprint density at radius 3 is 2.83 bits per heavy atom. The Labute approximate surface area is 142 Å². The smallest absolute Gasteiger partial charge is 0.335 e. The highest BCUT2D eigenvalue weighted by molar-refractivity contribution is 5.90. The molecule has 132 valence electrons. The largest absolute Gasteiger partial charge is 0.478 e. The van der Waals surface area contributed by atoms with Crippen LogP contribution in [0.1, 0.15) is 48.5 Å². The van der Waals surface area contributed by atoms with Crippen molar-refractivity contribution in [1.29, 1.82) is 0 Å². The molecule has 1 saturated heterocycles. The number of aryl methyl sites for hydroxylation is 1. The van der Waals surface area contributed by atoms with Gasteiger partial charge in [-0.3, -0.25) is 0 Å². The quantitative estimate of drug-likeness (QED) is 0.500. The minimum absolute atomic E-state index is 0.0265. The van der Waals surface area contributed by atoms with Crippen molar-refractivity contribution in [2.75, 3.05) is 18.5 Å². The van der Waals surface area contributed by atoms with Crippen molar-refractivity contribution in [1.82, 2.24) is 5.32 Å². The van der Waals surface area contributed by atoms with Gasteiger partial charge in [-0.15, -0.1) is 0 Å². The number of rotatable bonds is 8. The Kier molecular flexibility index (Phi) is 6.61. The van der Waals surface area contributed by atoms with E-state index in [1.165, 1.54) is 0 Å². The predicted octanol–water partition coefficient (Wildman–Crippen LogP) is 2.57. The molecule has 1 heterocycles. The van der Waals surface area contributed by atoms with Crippen molar-refractivity contribution in [3.63, 3.8) is 0 Å². The number of carbonyl (C=O) groups excluding carboxylic acids is 1. The third kappa shape index (κ3) is 4.71. The molecule has 2 rings (SSSR count). The second-order valence-corrected chi connectivity index (χ2v) is 6.18. The van der Waals surface area contributed by atoms with Crippen LogP contribution < -0.4 is 10.6 Å². The number of anilines is 1. The van der Waals surface area contributed by atoms with E-state index in [1.807, 2.05) is 0 Å². The molecule has 6 heteroatoms. The number of nitrogens with one attached hydrogen (secondary N) is 2. The molecule has 0 saturated carbocycles. The number of carboxylic acid groups (broad SMARTS) is 1. The highest BCUT2D eigenvalue weighted by Gasteiger charge is 2.31. The summed E-state index contributed by atoms with van der Waals surface area (Å²) in [4.78, 5) is 23.6. The number of benzene rings is 1. The van der Waals surface area contributed by atoms with Crippen LogP contribution in [0.3, 0.4) is 0 Å². The predicted molar refractivity (Wildman–Crippen MR) is 92.4 cm³/mol. The summed E-state index contributed by atoms with van der Waals surface area (Å²) in [5.74, 6) is -1.21. The average molecular weight is 334 g/mol. The molecule has 2 atom stereocenters. The molecule has 3 N–H and O–H groups in total. The van der Waals surface area contributed by atoms with Gasteiger partial charge < -0.3 is 20.5 Å². The van der Waals surface area contributed by atoms with Gasteiger partial charge in [0.15, 0.2) is 0 Å².